The minimum absolute atomic E-state index is 0.675. The van der Waals surface area contributed by atoms with E-state index in [0.717, 1.165) is 19.3 Å². The fraction of sp³-hybridized carbons (Fsp3) is 1.00. The zero-order chi connectivity index (χ0) is 17.9. The van der Waals surface area contributed by atoms with Gasteiger partial charge in [0.2, 0.25) is 0 Å². The molecule has 0 unspecified atom stereocenters. The number of hydrogen-bond donors (Lipinski definition) is 0. The Morgan fingerprint density at radius 1 is 0.542 bits per heavy atom. The van der Waals surface area contributed by atoms with E-state index in [1.54, 1.807) is 0 Å². The molecule has 1 radical (unpaired) electrons. The van der Waals surface area contributed by atoms with E-state index in [0.29, 0.717) is 19.8 Å². The van der Waals surface area contributed by atoms with Crippen LogP contribution in [0.3, 0.4) is 0 Å². The van der Waals surface area contributed by atoms with Crippen LogP contribution in [0.4, 0.5) is 0 Å². The maximum absolute atomic E-state index is 6.02. The molecule has 145 valence electrons. The number of unbranched alkanes of at least 4 members (excludes halogenated alkanes) is 9. The van der Waals surface area contributed by atoms with Crippen LogP contribution in [0.25, 0.3) is 0 Å². The molecule has 0 rings (SSSR count). The van der Waals surface area contributed by atoms with Gasteiger partial charge in [0.15, 0.2) is 10.5 Å². The summed E-state index contributed by atoms with van der Waals surface area (Å²) in [6.45, 7) is 8.68. The Hall–Kier alpha value is 0.274. The predicted molar refractivity (Wildman–Crippen MR) is 106 cm³/mol. The van der Waals surface area contributed by atoms with Gasteiger partial charge in [-0.2, -0.15) is 0 Å². The third-order valence-electron chi connectivity index (χ3n) is 4.01. The Morgan fingerprint density at radius 2 is 0.875 bits per heavy atom. The molecule has 0 aliphatic heterocycles. The van der Waals surface area contributed by atoms with Crippen molar-refractivity contribution in [3.63, 3.8) is 0 Å². The van der Waals surface area contributed by atoms with Gasteiger partial charge in [0, 0.05) is 19.8 Å². The van der Waals surface area contributed by atoms with Gasteiger partial charge >= 0.3 is 9.05 Å². The first kappa shape index (κ1) is 24.3. The summed E-state index contributed by atoms with van der Waals surface area (Å²) in [4.78, 5) is 0. The summed E-state index contributed by atoms with van der Waals surface area (Å²) in [5.74, 6) is 0. The Bertz CT molecular complexity index is 219. The van der Waals surface area contributed by atoms with Crippen LogP contribution in [0.2, 0.25) is 0 Å². The zero-order valence-electron chi connectivity index (χ0n) is 16.4. The Balaban J connectivity index is 4.23. The van der Waals surface area contributed by atoms with Gasteiger partial charge in [-0.25, -0.2) is 0 Å². The normalized spacial score (nSPS) is 12.0. The van der Waals surface area contributed by atoms with E-state index in [9.17, 15) is 0 Å². The molecular formula is C18H41O4Si2. The maximum Gasteiger partial charge on any atom is 0.668 e. The molecule has 0 aliphatic rings. The van der Waals surface area contributed by atoms with Crippen LogP contribution in [-0.4, -0.2) is 39.4 Å². The second-order valence-corrected chi connectivity index (χ2v) is 9.39. The molecule has 4 nitrogen and oxygen atoms in total. The zero-order valence-corrected chi connectivity index (χ0v) is 18.9. The quantitative estimate of drug-likeness (QED) is 0.240. The van der Waals surface area contributed by atoms with Crippen molar-refractivity contribution >= 4 is 19.5 Å². The van der Waals surface area contributed by atoms with Gasteiger partial charge in [0.05, 0.1) is 0 Å². The van der Waals surface area contributed by atoms with Crippen LogP contribution in [0.5, 0.6) is 0 Å². The summed E-state index contributed by atoms with van der Waals surface area (Å²) in [7, 11) is -1.49. The summed E-state index contributed by atoms with van der Waals surface area (Å²) in [6.07, 6.45) is 14.2. The predicted octanol–water partition coefficient (Wildman–Crippen LogP) is 4.78. The smallest absolute Gasteiger partial charge is 0.400 e. The van der Waals surface area contributed by atoms with E-state index in [1.165, 1.54) is 68.3 Å². The Morgan fingerprint density at radius 3 is 1.12 bits per heavy atom. The molecule has 24 heavy (non-hydrogen) atoms. The molecule has 0 heterocycles. The van der Waals surface area contributed by atoms with Gasteiger partial charge in [-0.3, -0.25) is 0 Å². The highest BCUT2D eigenvalue weighted by Gasteiger charge is 2.43. The molecule has 6 heteroatoms. The van der Waals surface area contributed by atoms with E-state index in [2.05, 4.69) is 20.8 Å². The van der Waals surface area contributed by atoms with Gasteiger partial charge in [0.1, 0.15) is 0 Å². The Kier molecular flexibility index (Phi) is 18.3. The van der Waals surface area contributed by atoms with E-state index in [1.807, 2.05) is 0 Å². The van der Waals surface area contributed by atoms with Crippen molar-refractivity contribution in [1.29, 1.82) is 0 Å². The van der Waals surface area contributed by atoms with Gasteiger partial charge in [0.25, 0.3) is 0 Å². The van der Waals surface area contributed by atoms with E-state index in [-0.39, 0.29) is 0 Å². The molecule has 0 amide bonds. The average Bonchev–Trinajstić information content (AvgIpc) is 2.60. The molecule has 0 spiro atoms. The first-order chi connectivity index (χ1) is 11.7. The fourth-order valence-electron chi connectivity index (χ4n) is 2.43. The van der Waals surface area contributed by atoms with Crippen LogP contribution in [0.1, 0.15) is 97.8 Å². The van der Waals surface area contributed by atoms with Crippen molar-refractivity contribution in [1.82, 2.24) is 0 Å². The molecule has 0 saturated carbocycles. The highest BCUT2D eigenvalue weighted by molar-refractivity contribution is 6.57. The standard InChI is InChI=1S/C18H41O4Si2/c1-4-7-10-13-16-19-24(22-23,20-17-14-11-8-5-2)21-18-15-12-9-6-3/h4-18,23H2,1-3H3. The lowest BCUT2D eigenvalue weighted by Gasteiger charge is -2.27. The number of rotatable bonds is 19. The first-order valence-corrected chi connectivity index (χ1v) is 12.3. The molecular weight excluding hydrogens is 336 g/mol. The minimum Gasteiger partial charge on any atom is -0.400 e. The molecule has 0 saturated heterocycles. The number of hydrogen-bond acceptors (Lipinski definition) is 4. The van der Waals surface area contributed by atoms with Gasteiger partial charge in [-0.05, 0) is 19.3 Å². The third-order valence-corrected chi connectivity index (χ3v) is 7.09. The van der Waals surface area contributed by atoms with Crippen LogP contribution < -0.4 is 0 Å². The molecule has 0 fully saturated rings. The average molecular weight is 378 g/mol. The topological polar surface area (TPSA) is 36.9 Å². The van der Waals surface area contributed by atoms with Crippen LogP contribution in [-0.2, 0) is 17.4 Å². The second kappa shape index (κ2) is 18.1. The van der Waals surface area contributed by atoms with Crippen molar-refractivity contribution in [3.8, 4) is 0 Å². The maximum atomic E-state index is 6.02. The van der Waals surface area contributed by atoms with Gasteiger partial charge in [-0.15, -0.1) is 0 Å². The summed E-state index contributed by atoms with van der Waals surface area (Å²) < 4.78 is 23.7. The molecule has 0 aromatic rings. The lowest BCUT2D eigenvalue weighted by atomic mass is 10.2. The lowest BCUT2D eigenvalue weighted by Crippen LogP contribution is -2.49. The van der Waals surface area contributed by atoms with E-state index in [4.69, 9.17) is 17.4 Å². The molecule has 0 bridgehead atoms. The van der Waals surface area contributed by atoms with E-state index >= 15 is 0 Å². The molecule has 0 N–H and O–H groups in total. The molecule has 0 aromatic heterocycles. The summed E-state index contributed by atoms with van der Waals surface area (Å²) in [6, 6.07) is 0. The highest BCUT2D eigenvalue weighted by atomic mass is 28.4. The van der Waals surface area contributed by atoms with Gasteiger partial charge < -0.3 is 17.4 Å². The lowest BCUT2D eigenvalue weighted by molar-refractivity contribution is -0.000132. The largest absolute Gasteiger partial charge is 0.668 e. The van der Waals surface area contributed by atoms with Crippen LogP contribution >= 0.6 is 0 Å². The SMILES string of the molecule is CCCCCCO[Si](O[SiH2])(OCCCCCC)OCCCCCC. The summed E-state index contributed by atoms with van der Waals surface area (Å²) >= 11 is 0. The van der Waals surface area contributed by atoms with Crippen molar-refractivity contribution in [2.75, 3.05) is 19.8 Å². The van der Waals surface area contributed by atoms with Crippen molar-refractivity contribution < 1.29 is 17.4 Å². The summed E-state index contributed by atoms with van der Waals surface area (Å²) in [5, 5.41) is 0. The molecule has 0 aromatic carbocycles. The van der Waals surface area contributed by atoms with E-state index < -0.39 is 9.05 Å². The fourth-order valence-corrected chi connectivity index (χ4v) is 4.86. The van der Waals surface area contributed by atoms with Crippen LogP contribution in [0, 0.1) is 0 Å². The van der Waals surface area contributed by atoms with Gasteiger partial charge in [-0.1, -0.05) is 78.6 Å². The van der Waals surface area contributed by atoms with Crippen molar-refractivity contribution in [2.45, 2.75) is 97.8 Å². The molecule has 0 atom stereocenters. The first-order valence-electron chi connectivity index (χ1n) is 10.1. The van der Waals surface area contributed by atoms with Crippen LogP contribution in [0.15, 0.2) is 0 Å². The second-order valence-electron chi connectivity index (χ2n) is 6.37. The highest BCUT2D eigenvalue weighted by Crippen LogP contribution is 2.15. The Labute approximate surface area is 155 Å². The monoisotopic (exact) mass is 377 g/mol. The van der Waals surface area contributed by atoms with Crippen molar-refractivity contribution in [2.24, 2.45) is 0 Å². The summed E-state index contributed by atoms with van der Waals surface area (Å²) in [5.41, 5.74) is 0. The van der Waals surface area contributed by atoms with Crippen molar-refractivity contribution in [3.05, 3.63) is 0 Å². The minimum atomic E-state index is -2.94. The third kappa shape index (κ3) is 13.6. The molecule has 0 aliphatic carbocycles.